The van der Waals surface area contributed by atoms with Gasteiger partial charge in [0.05, 0.1) is 0 Å². The van der Waals surface area contributed by atoms with Gasteiger partial charge in [-0.05, 0) is 63.0 Å². The third kappa shape index (κ3) is 2.37. The zero-order chi connectivity index (χ0) is 18.7. The van der Waals surface area contributed by atoms with E-state index < -0.39 is 0 Å². The molecule has 28 heavy (non-hydrogen) atoms. The van der Waals surface area contributed by atoms with E-state index in [4.69, 9.17) is 11.6 Å². The Hall–Kier alpha value is -2.87. The first kappa shape index (κ1) is 16.1. The maximum absolute atomic E-state index is 6.31. The molecule has 1 aromatic heterocycles. The molecule has 0 radical (unpaired) electrons. The van der Waals surface area contributed by atoms with E-state index in [0.29, 0.717) is 0 Å². The van der Waals surface area contributed by atoms with Crippen molar-refractivity contribution in [1.82, 2.24) is 0 Å². The fourth-order valence-corrected chi connectivity index (χ4v) is 5.50. The van der Waals surface area contributed by atoms with Crippen LogP contribution in [-0.2, 0) is 0 Å². The van der Waals surface area contributed by atoms with Gasteiger partial charge in [-0.2, -0.15) is 0 Å². The number of fused-ring (bicyclic) bond motifs is 6. The van der Waals surface area contributed by atoms with Crippen molar-refractivity contribution in [2.45, 2.75) is 0 Å². The van der Waals surface area contributed by atoms with Crippen LogP contribution in [0.15, 0.2) is 91.0 Å². The van der Waals surface area contributed by atoms with Gasteiger partial charge in [0.25, 0.3) is 0 Å². The van der Waals surface area contributed by atoms with Crippen LogP contribution in [-0.4, -0.2) is 0 Å². The fraction of sp³-hybridized carbons (Fsp3) is 0. The smallest absolute Gasteiger partial charge is 0.0413 e. The van der Waals surface area contributed by atoms with Gasteiger partial charge in [0.1, 0.15) is 0 Å². The van der Waals surface area contributed by atoms with Gasteiger partial charge in [-0.3, -0.25) is 0 Å². The predicted molar refractivity (Wildman–Crippen MR) is 125 cm³/mol. The van der Waals surface area contributed by atoms with Gasteiger partial charge in [-0.15, -0.1) is 11.3 Å². The number of thiophene rings is 1. The standard InChI is InChI=1S/C26H15ClS/c27-19-11-13-24-23(15-19)26-22(6-3-7-25(26)28-24)18-10-12-21-17(14-18)9-8-16-4-1-2-5-20(16)21/h1-15H. The monoisotopic (exact) mass is 394 g/mol. The van der Waals surface area contributed by atoms with Crippen molar-refractivity contribution < 1.29 is 0 Å². The number of rotatable bonds is 1. The molecule has 0 atom stereocenters. The third-order valence-electron chi connectivity index (χ3n) is 5.51. The number of hydrogen-bond acceptors (Lipinski definition) is 1. The van der Waals surface area contributed by atoms with Gasteiger partial charge in [0.15, 0.2) is 0 Å². The van der Waals surface area contributed by atoms with Gasteiger partial charge in [0.2, 0.25) is 0 Å². The Morgan fingerprint density at radius 3 is 2.39 bits per heavy atom. The van der Waals surface area contributed by atoms with Gasteiger partial charge in [0, 0.05) is 25.2 Å². The normalized spacial score (nSPS) is 11.8. The predicted octanol–water partition coefficient (Wildman–Crippen LogP) is 8.68. The molecular weight excluding hydrogens is 380 g/mol. The zero-order valence-electron chi connectivity index (χ0n) is 14.9. The highest BCUT2D eigenvalue weighted by molar-refractivity contribution is 7.26. The molecule has 0 amide bonds. The van der Waals surface area contributed by atoms with Crippen LogP contribution in [0, 0.1) is 0 Å². The third-order valence-corrected chi connectivity index (χ3v) is 6.88. The Kier molecular flexibility index (Phi) is 3.49. The van der Waals surface area contributed by atoms with E-state index in [1.165, 1.54) is 52.8 Å². The molecule has 2 heteroatoms. The second-order valence-electron chi connectivity index (χ2n) is 7.14. The SMILES string of the molecule is Clc1ccc2sc3cccc(-c4ccc5c(ccc6ccccc65)c4)c3c2c1. The second-order valence-corrected chi connectivity index (χ2v) is 8.66. The van der Waals surface area contributed by atoms with Crippen LogP contribution >= 0.6 is 22.9 Å². The molecule has 6 aromatic rings. The Bertz CT molecular complexity index is 1520. The molecule has 0 fully saturated rings. The minimum atomic E-state index is 0.784. The lowest BCUT2D eigenvalue weighted by Crippen LogP contribution is -1.82. The highest BCUT2D eigenvalue weighted by atomic mass is 35.5. The van der Waals surface area contributed by atoms with E-state index in [2.05, 4.69) is 84.9 Å². The van der Waals surface area contributed by atoms with E-state index >= 15 is 0 Å². The van der Waals surface area contributed by atoms with E-state index in [1.54, 1.807) is 0 Å². The van der Waals surface area contributed by atoms with E-state index in [9.17, 15) is 0 Å². The van der Waals surface area contributed by atoms with Crippen molar-refractivity contribution >= 4 is 64.7 Å². The highest BCUT2D eigenvalue weighted by Gasteiger charge is 2.12. The van der Waals surface area contributed by atoms with Crippen LogP contribution in [0.1, 0.15) is 0 Å². The Labute approximate surface area is 171 Å². The van der Waals surface area contributed by atoms with Crippen molar-refractivity contribution in [3.8, 4) is 11.1 Å². The maximum atomic E-state index is 6.31. The van der Waals surface area contributed by atoms with Gasteiger partial charge < -0.3 is 0 Å². The second kappa shape index (κ2) is 6.07. The lowest BCUT2D eigenvalue weighted by molar-refractivity contribution is 1.71. The molecule has 0 aliphatic heterocycles. The molecule has 0 nitrogen and oxygen atoms in total. The number of benzene rings is 5. The molecule has 0 bridgehead atoms. The number of hydrogen-bond donors (Lipinski definition) is 0. The van der Waals surface area contributed by atoms with E-state index in [-0.39, 0.29) is 0 Å². The van der Waals surface area contributed by atoms with E-state index in [1.807, 2.05) is 17.4 Å². The molecule has 0 saturated heterocycles. The van der Waals surface area contributed by atoms with Crippen molar-refractivity contribution in [2.75, 3.05) is 0 Å². The summed E-state index contributed by atoms with van der Waals surface area (Å²) < 4.78 is 2.58. The summed E-state index contributed by atoms with van der Waals surface area (Å²) in [7, 11) is 0. The molecule has 0 aliphatic carbocycles. The molecule has 6 rings (SSSR count). The summed E-state index contributed by atoms with van der Waals surface area (Å²) in [6, 6.07) is 32.6. The molecular formula is C26H15ClS. The quantitative estimate of drug-likeness (QED) is 0.245. The Balaban J connectivity index is 1.66. The molecule has 0 unspecified atom stereocenters. The average molecular weight is 395 g/mol. The molecule has 0 spiro atoms. The van der Waals surface area contributed by atoms with Gasteiger partial charge in [-0.1, -0.05) is 72.3 Å². The highest BCUT2D eigenvalue weighted by Crippen LogP contribution is 2.41. The van der Waals surface area contributed by atoms with Crippen LogP contribution in [0.25, 0.3) is 52.8 Å². The molecule has 0 saturated carbocycles. The van der Waals surface area contributed by atoms with Crippen molar-refractivity contribution in [3.05, 3.63) is 96.0 Å². The first-order chi connectivity index (χ1) is 13.8. The Morgan fingerprint density at radius 1 is 0.571 bits per heavy atom. The van der Waals surface area contributed by atoms with Crippen molar-refractivity contribution in [2.24, 2.45) is 0 Å². The molecule has 132 valence electrons. The van der Waals surface area contributed by atoms with E-state index in [0.717, 1.165) is 5.02 Å². The zero-order valence-corrected chi connectivity index (χ0v) is 16.5. The first-order valence-electron chi connectivity index (χ1n) is 9.31. The molecule has 0 N–H and O–H groups in total. The fourth-order valence-electron chi connectivity index (χ4n) is 4.22. The summed E-state index contributed by atoms with van der Waals surface area (Å²) in [6.07, 6.45) is 0. The largest absolute Gasteiger partial charge is 0.135 e. The van der Waals surface area contributed by atoms with Crippen LogP contribution in [0.4, 0.5) is 0 Å². The van der Waals surface area contributed by atoms with Crippen LogP contribution in [0.5, 0.6) is 0 Å². The van der Waals surface area contributed by atoms with Crippen LogP contribution in [0.2, 0.25) is 5.02 Å². The summed E-state index contributed by atoms with van der Waals surface area (Å²) >= 11 is 8.14. The van der Waals surface area contributed by atoms with Gasteiger partial charge in [-0.25, -0.2) is 0 Å². The maximum Gasteiger partial charge on any atom is 0.0413 e. The molecule has 5 aromatic carbocycles. The van der Waals surface area contributed by atoms with Crippen LogP contribution in [0.3, 0.4) is 0 Å². The number of halogens is 1. The summed E-state index contributed by atoms with van der Waals surface area (Å²) in [5.41, 5.74) is 2.51. The summed E-state index contributed by atoms with van der Waals surface area (Å²) in [4.78, 5) is 0. The summed E-state index contributed by atoms with van der Waals surface area (Å²) in [6.45, 7) is 0. The van der Waals surface area contributed by atoms with Crippen LogP contribution < -0.4 is 0 Å². The molecule has 0 aliphatic rings. The summed E-state index contributed by atoms with van der Waals surface area (Å²) in [5, 5.41) is 8.47. The molecule has 1 heterocycles. The first-order valence-corrected chi connectivity index (χ1v) is 10.5. The van der Waals surface area contributed by atoms with Crippen molar-refractivity contribution in [1.29, 1.82) is 0 Å². The van der Waals surface area contributed by atoms with Gasteiger partial charge >= 0.3 is 0 Å². The average Bonchev–Trinajstić information content (AvgIpc) is 3.11. The minimum absolute atomic E-state index is 0.784. The lowest BCUT2D eigenvalue weighted by Gasteiger charge is -2.09. The van der Waals surface area contributed by atoms with Crippen molar-refractivity contribution in [3.63, 3.8) is 0 Å². The lowest BCUT2D eigenvalue weighted by atomic mass is 9.95. The summed E-state index contributed by atoms with van der Waals surface area (Å²) in [5.74, 6) is 0. The Morgan fingerprint density at radius 2 is 1.43 bits per heavy atom. The topological polar surface area (TPSA) is 0 Å². The minimum Gasteiger partial charge on any atom is -0.135 e.